The van der Waals surface area contributed by atoms with Crippen molar-refractivity contribution in [2.75, 3.05) is 0 Å². The Morgan fingerprint density at radius 1 is 0.824 bits per heavy atom. The third-order valence-corrected chi connectivity index (χ3v) is 12.4. The van der Waals surface area contributed by atoms with Crippen LogP contribution < -0.4 is 0 Å². The van der Waals surface area contributed by atoms with Gasteiger partial charge in [-0.15, -0.1) is 34.9 Å². The van der Waals surface area contributed by atoms with E-state index in [1.807, 2.05) is 71.3 Å². The van der Waals surface area contributed by atoms with E-state index in [2.05, 4.69) is 83.8 Å². The molecule has 0 atom stereocenters. The number of fused-ring (bicyclic) bond motifs is 6. The van der Waals surface area contributed by atoms with Gasteiger partial charge in [0.1, 0.15) is 5.76 Å². The van der Waals surface area contributed by atoms with Crippen molar-refractivity contribution in [3.05, 3.63) is 120 Å². The van der Waals surface area contributed by atoms with E-state index < -0.39 is 0 Å². The predicted molar refractivity (Wildman–Crippen MR) is 211 cm³/mol. The standard InChI is InChI=1S/C30H19N2S.C15H28O2.Ir/c1-2-7-19(8-3-1)24-18-21(17-20-9-4-5-10-22(20)24)30-29-27(14-16-32-30)33-26-13-12-25-23(28(26)29)11-6-15-31-25;1-7-14(5,8-2)12(16)11-13(17)15(6,9-3)10-4;/h1-11,14-16,18H,12-13H2;11,16H,7-10H2,1-6H3;/q-1;;/b;12-11-;. The van der Waals surface area contributed by atoms with Crippen LogP contribution in [0.4, 0.5) is 0 Å². The molecule has 7 rings (SSSR count). The molecule has 3 aromatic carbocycles. The van der Waals surface area contributed by atoms with Gasteiger partial charge in [-0.1, -0.05) is 113 Å². The molecule has 0 saturated heterocycles. The molecule has 265 valence electrons. The van der Waals surface area contributed by atoms with Gasteiger partial charge in [-0.3, -0.25) is 14.8 Å². The molecule has 6 aromatic rings. The van der Waals surface area contributed by atoms with E-state index in [0.29, 0.717) is 0 Å². The molecular weight excluding hydrogens is 825 g/mol. The molecule has 3 heterocycles. The summed E-state index contributed by atoms with van der Waals surface area (Å²) in [7, 11) is 0. The van der Waals surface area contributed by atoms with Crippen molar-refractivity contribution in [2.24, 2.45) is 10.8 Å². The molecule has 51 heavy (non-hydrogen) atoms. The molecule has 3 aromatic heterocycles. The third-order valence-electron chi connectivity index (χ3n) is 11.1. The first-order valence-electron chi connectivity index (χ1n) is 18.0. The van der Waals surface area contributed by atoms with Gasteiger partial charge in [0.2, 0.25) is 0 Å². The fourth-order valence-corrected chi connectivity index (χ4v) is 7.97. The second kappa shape index (κ2) is 16.2. The third kappa shape index (κ3) is 7.51. The Bertz CT molecular complexity index is 2180. The normalized spacial score (nSPS) is 12.8. The maximum absolute atomic E-state index is 12.2. The van der Waals surface area contributed by atoms with Gasteiger partial charge in [0.05, 0.1) is 0 Å². The Labute approximate surface area is 320 Å². The maximum Gasteiger partial charge on any atom is 0.164 e. The van der Waals surface area contributed by atoms with Crippen LogP contribution in [0.2, 0.25) is 0 Å². The smallest absolute Gasteiger partial charge is 0.164 e. The van der Waals surface area contributed by atoms with Crippen LogP contribution in [0, 0.1) is 16.9 Å². The molecule has 1 N–H and O–H groups in total. The van der Waals surface area contributed by atoms with Crippen molar-refractivity contribution in [3.8, 4) is 33.5 Å². The second-order valence-electron chi connectivity index (χ2n) is 13.9. The van der Waals surface area contributed by atoms with Crippen LogP contribution in [-0.4, -0.2) is 20.9 Å². The van der Waals surface area contributed by atoms with Crippen LogP contribution in [0.5, 0.6) is 0 Å². The number of nitrogens with zero attached hydrogens (tertiary/aromatic N) is 2. The maximum atomic E-state index is 12.2. The minimum absolute atomic E-state index is 0. The number of carbonyl (C=O) groups excluding carboxylic acids is 1. The number of hydrogen-bond donors (Lipinski definition) is 1. The molecule has 0 saturated carbocycles. The van der Waals surface area contributed by atoms with Gasteiger partial charge in [0, 0.05) is 75.9 Å². The van der Waals surface area contributed by atoms with Crippen LogP contribution in [0.1, 0.15) is 77.8 Å². The first-order valence-corrected chi connectivity index (χ1v) is 18.8. The van der Waals surface area contributed by atoms with Gasteiger partial charge < -0.3 is 5.11 Å². The van der Waals surface area contributed by atoms with Crippen LogP contribution in [0.3, 0.4) is 0 Å². The molecule has 1 aliphatic carbocycles. The average molecular weight is 872 g/mol. The summed E-state index contributed by atoms with van der Waals surface area (Å²) >= 11 is 1.89. The molecular formula is C45H47IrN2O2S-. The van der Waals surface area contributed by atoms with Crippen LogP contribution in [-0.2, 0) is 37.7 Å². The zero-order chi connectivity index (χ0) is 35.5. The summed E-state index contributed by atoms with van der Waals surface area (Å²) in [5.74, 6) is 0.286. The molecule has 0 fully saturated rings. The average Bonchev–Trinajstić information content (AvgIpc) is 3.57. The summed E-state index contributed by atoms with van der Waals surface area (Å²) in [5, 5.41) is 13.7. The van der Waals surface area contributed by atoms with Crippen molar-refractivity contribution in [1.82, 2.24) is 9.97 Å². The van der Waals surface area contributed by atoms with Crippen LogP contribution in [0.15, 0.2) is 103 Å². The molecule has 1 radical (unpaired) electrons. The fraction of sp³-hybridized carbons (Fsp3) is 0.311. The minimum Gasteiger partial charge on any atom is -0.512 e. The molecule has 0 spiro atoms. The van der Waals surface area contributed by atoms with Crippen LogP contribution >= 0.6 is 11.3 Å². The van der Waals surface area contributed by atoms with Gasteiger partial charge in [0.15, 0.2) is 5.78 Å². The summed E-state index contributed by atoms with van der Waals surface area (Å²) < 4.78 is 1.28. The largest absolute Gasteiger partial charge is 0.512 e. The van der Waals surface area contributed by atoms with E-state index in [9.17, 15) is 9.90 Å². The number of aromatic nitrogens is 2. The number of thiophene rings is 1. The Hall–Kier alpha value is -3.96. The van der Waals surface area contributed by atoms with Gasteiger partial charge in [-0.2, -0.15) is 0 Å². The Morgan fingerprint density at radius 2 is 1.51 bits per heavy atom. The summed E-state index contributed by atoms with van der Waals surface area (Å²) in [6, 6.07) is 31.5. The first kappa shape index (κ1) is 38.3. The second-order valence-corrected chi connectivity index (χ2v) is 15.0. The number of aliphatic hydroxyl groups is 1. The topological polar surface area (TPSA) is 63.1 Å². The molecule has 4 nitrogen and oxygen atoms in total. The molecule has 6 heteroatoms. The zero-order valence-corrected chi connectivity index (χ0v) is 33.7. The van der Waals surface area contributed by atoms with Crippen molar-refractivity contribution in [3.63, 3.8) is 0 Å². The number of benzene rings is 3. The predicted octanol–water partition coefficient (Wildman–Crippen LogP) is 12.4. The van der Waals surface area contributed by atoms with Gasteiger partial charge >= 0.3 is 0 Å². The van der Waals surface area contributed by atoms with Crippen molar-refractivity contribution >= 4 is 38.0 Å². The summed E-state index contributed by atoms with van der Waals surface area (Å²) in [4.78, 5) is 23.2. The molecule has 0 unspecified atom stereocenters. The first-order chi connectivity index (χ1) is 24.2. The van der Waals surface area contributed by atoms with E-state index in [1.54, 1.807) is 0 Å². The molecule has 0 aliphatic heterocycles. The number of aliphatic hydroxyl groups excluding tert-OH is 1. The molecule has 1 aliphatic rings. The molecule has 0 bridgehead atoms. The number of rotatable bonds is 9. The SMILES string of the molecule is CCC(C)(CC)C(=O)/C=C(\O)C(C)(CC)CC.[Ir].[c-]1c(-c2nccc3sc4c(c23)-c2cccnc2CC4)cc(-c2ccccc2)c2ccccc12. The summed E-state index contributed by atoms with van der Waals surface area (Å²) in [6.45, 7) is 12.1. The van der Waals surface area contributed by atoms with Crippen molar-refractivity contribution in [1.29, 1.82) is 0 Å². The van der Waals surface area contributed by atoms with E-state index in [0.717, 1.165) is 55.2 Å². The molecule has 0 amide bonds. The number of pyridine rings is 2. The summed E-state index contributed by atoms with van der Waals surface area (Å²) in [5.41, 5.74) is 7.61. The van der Waals surface area contributed by atoms with E-state index in [1.165, 1.54) is 54.4 Å². The number of aryl methyl sites for hydroxylation is 2. The summed E-state index contributed by atoms with van der Waals surface area (Å²) in [6.07, 6.45) is 10.6. The van der Waals surface area contributed by atoms with Crippen molar-refractivity contribution < 1.29 is 30.0 Å². The van der Waals surface area contributed by atoms with Crippen LogP contribution in [0.25, 0.3) is 54.4 Å². The number of ketones is 1. The quantitative estimate of drug-likeness (QED) is 0.0893. The zero-order valence-electron chi connectivity index (χ0n) is 30.5. The van der Waals surface area contributed by atoms with E-state index in [4.69, 9.17) is 4.98 Å². The monoisotopic (exact) mass is 872 g/mol. The fourth-order valence-electron chi connectivity index (χ4n) is 6.75. The van der Waals surface area contributed by atoms with E-state index >= 15 is 0 Å². The number of allylic oxidation sites excluding steroid dienone is 2. The van der Waals surface area contributed by atoms with Crippen molar-refractivity contribution in [2.45, 2.75) is 80.1 Å². The minimum atomic E-state index is -0.337. The van der Waals surface area contributed by atoms with Gasteiger partial charge in [-0.25, -0.2) is 0 Å². The van der Waals surface area contributed by atoms with E-state index in [-0.39, 0.29) is 42.5 Å². The number of carbonyl (C=O) groups is 1. The van der Waals surface area contributed by atoms with Gasteiger partial charge in [0.25, 0.3) is 0 Å². The van der Waals surface area contributed by atoms with Gasteiger partial charge in [-0.05, 0) is 67.2 Å². The Morgan fingerprint density at radius 3 is 2.22 bits per heavy atom. The number of hydrogen-bond acceptors (Lipinski definition) is 5. The Balaban J connectivity index is 0.000000242. The Kier molecular flexibility index (Phi) is 12.1.